The molecular formula is C26H33FN4O2. The van der Waals surface area contributed by atoms with E-state index >= 15 is 0 Å². The summed E-state index contributed by atoms with van der Waals surface area (Å²) in [6.45, 7) is 0.448. The van der Waals surface area contributed by atoms with E-state index in [1.54, 1.807) is 36.7 Å². The summed E-state index contributed by atoms with van der Waals surface area (Å²) in [6, 6.07) is 9.96. The van der Waals surface area contributed by atoms with Crippen LogP contribution in [0.25, 0.3) is 0 Å². The normalized spacial score (nSPS) is 25.9. The van der Waals surface area contributed by atoms with Crippen LogP contribution < -0.4 is 16.4 Å². The Morgan fingerprint density at radius 2 is 1.67 bits per heavy atom. The van der Waals surface area contributed by atoms with Crippen molar-refractivity contribution in [3.8, 4) is 0 Å². The van der Waals surface area contributed by atoms with Crippen molar-refractivity contribution < 1.29 is 14.0 Å². The second-order valence-corrected chi connectivity index (χ2v) is 9.44. The van der Waals surface area contributed by atoms with Crippen molar-refractivity contribution in [1.29, 1.82) is 0 Å². The molecule has 3 unspecified atom stereocenters. The first-order valence-electron chi connectivity index (χ1n) is 12.0. The van der Waals surface area contributed by atoms with Crippen LogP contribution in [-0.2, 0) is 9.59 Å². The first kappa shape index (κ1) is 23.4. The zero-order valence-corrected chi connectivity index (χ0v) is 18.9. The van der Waals surface area contributed by atoms with Gasteiger partial charge >= 0.3 is 0 Å². The summed E-state index contributed by atoms with van der Waals surface area (Å²) in [5.74, 6) is 0.176. The zero-order chi connectivity index (χ0) is 23.2. The minimum atomic E-state index is -0.256. The summed E-state index contributed by atoms with van der Waals surface area (Å²) in [6.07, 6.45) is 9.48. The van der Waals surface area contributed by atoms with Crippen LogP contribution in [0.2, 0.25) is 0 Å². The van der Waals surface area contributed by atoms with Crippen LogP contribution in [0.15, 0.2) is 48.8 Å². The fourth-order valence-electron chi connectivity index (χ4n) is 5.39. The molecule has 0 aliphatic heterocycles. The van der Waals surface area contributed by atoms with Gasteiger partial charge in [-0.3, -0.25) is 14.6 Å². The lowest BCUT2D eigenvalue weighted by Gasteiger charge is -2.32. The molecule has 6 nitrogen and oxygen atoms in total. The summed E-state index contributed by atoms with van der Waals surface area (Å²) in [5, 5.41) is 6.04. The fraction of sp³-hybridized carbons (Fsp3) is 0.500. The summed E-state index contributed by atoms with van der Waals surface area (Å²) >= 11 is 0. The molecule has 2 aliphatic rings. The minimum absolute atomic E-state index is 0.00818. The molecule has 1 aromatic carbocycles. The number of pyridine rings is 1. The Hall–Kier alpha value is -2.80. The molecule has 0 bridgehead atoms. The van der Waals surface area contributed by atoms with Gasteiger partial charge in [0.1, 0.15) is 5.82 Å². The van der Waals surface area contributed by atoms with Crippen LogP contribution in [0.3, 0.4) is 0 Å². The molecule has 2 aromatic rings. The van der Waals surface area contributed by atoms with Gasteiger partial charge in [0.2, 0.25) is 11.8 Å². The molecule has 2 amide bonds. The Kier molecular flexibility index (Phi) is 7.70. The molecule has 0 radical (unpaired) electrons. The molecule has 0 spiro atoms. The lowest BCUT2D eigenvalue weighted by molar-refractivity contribution is -0.125. The van der Waals surface area contributed by atoms with E-state index < -0.39 is 0 Å². The van der Waals surface area contributed by atoms with Gasteiger partial charge in [-0.25, -0.2) is 4.39 Å². The van der Waals surface area contributed by atoms with Crippen molar-refractivity contribution in [3.05, 3.63) is 60.2 Å². The van der Waals surface area contributed by atoms with Gasteiger partial charge in [0.15, 0.2) is 0 Å². The molecule has 1 heterocycles. The Bertz CT molecular complexity index is 929. The van der Waals surface area contributed by atoms with Crippen LogP contribution in [0.4, 0.5) is 10.1 Å². The van der Waals surface area contributed by atoms with Crippen LogP contribution in [0, 0.1) is 23.6 Å². The molecular weight excluding hydrogens is 419 g/mol. The number of aromatic nitrogens is 1. The number of hydrogen-bond acceptors (Lipinski definition) is 4. The molecule has 4 N–H and O–H groups in total. The van der Waals surface area contributed by atoms with Crippen LogP contribution >= 0.6 is 0 Å². The van der Waals surface area contributed by atoms with Crippen molar-refractivity contribution in [1.82, 2.24) is 10.3 Å². The number of carbonyl (C=O) groups is 2. The van der Waals surface area contributed by atoms with E-state index in [9.17, 15) is 14.0 Å². The zero-order valence-electron chi connectivity index (χ0n) is 18.9. The first-order valence-corrected chi connectivity index (χ1v) is 12.0. The van der Waals surface area contributed by atoms with Gasteiger partial charge in [0.05, 0.1) is 0 Å². The maximum absolute atomic E-state index is 13.3. The Morgan fingerprint density at radius 3 is 2.36 bits per heavy atom. The van der Waals surface area contributed by atoms with E-state index in [2.05, 4.69) is 15.6 Å². The van der Waals surface area contributed by atoms with Crippen LogP contribution in [-0.4, -0.2) is 29.4 Å². The number of carbonyl (C=O) groups excluding carboxylic acids is 2. The van der Waals surface area contributed by atoms with Gasteiger partial charge < -0.3 is 16.4 Å². The highest BCUT2D eigenvalue weighted by atomic mass is 19.1. The van der Waals surface area contributed by atoms with Crippen molar-refractivity contribution in [2.75, 3.05) is 11.9 Å². The standard InChI is InChI=1S/C26H33FN4O2/c27-20-10-8-17(9-11-20)22-2-1-3-23(22)26(33)30-16-24(28)18-4-6-19(7-5-18)25(32)31-21-12-14-29-15-13-21/h8-15,18-19,22-24H,1-7,16,28H2,(H,30,33)(H,29,31,32). The molecule has 2 aliphatic carbocycles. The molecule has 0 saturated heterocycles. The molecule has 1 aromatic heterocycles. The highest BCUT2D eigenvalue weighted by Gasteiger charge is 2.35. The van der Waals surface area contributed by atoms with Crippen molar-refractivity contribution >= 4 is 17.5 Å². The predicted octanol–water partition coefficient (Wildman–Crippen LogP) is 3.99. The van der Waals surface area contributed by atoms with E-state index in [4.69, 9.17) is 5.73 Å². The first-order chi connectivity index (χ1) is 16.0. The number of nitrogens with zero attached hydrogens (tertiary/aromatic N) is 1. The maximum atomic E-state index is 13.3. The van der Waals surface area contributed by atoms with Gasteiger partial charge in [0, 0.05) is 42.5 Å². The highest BCUT2D eigenvalue weighted by molar-refractivity contribution is 5.92. The summed E-state index contributed by atoms with van der Waals surface area (Å²) in [4.78, 5) is 29.4. The number of nitrogens with two attached hydrogens (primary N) is 1. The molecule has 2 fully saturated rings. The SMILES string of the molecule is NC(CNC(=O)C1CCCC1c1ccc(F)cc1)C1CCC(C(=O)Nc2ccncc2)CC1. The Morgan fingerprint density at radius 1 is 0.970 bits per heavy atom. The second-order valence-electron chi connectivity index (χ2n) is 9.44. The second kappa shape index (κ2) is 10.9. The van der Waals surface area contributed by atoms with Crippen LogP contribution in [0.5, 0.6) is 0 Å². The lowest BCUT2D eigenvalue weighted by Crippen LogP contribution is -2.45. The number of benzene rings is 1. The number of nitrogens with one attached hydrogen (secondary N) is 2. The van der Waals surface area contributed by atoms with E-state index in [-0.39, 0.29) is 41.4 Å². The third-order valence-electron chi connectivity index (χ3n) is 7.36. The summed E-state index contributed by atoms with van der Waals surface area (Å²) in [5.41, 5.74) is 8.23. The van der Waals surface area contributed by atoms with Crippen molar-refractivity contribution in [3.63, 3.8) is 0 Å². The third kappa shape index (κ3) is 5.96. The van der Waals surface area contributed by atoms with E-state index in [1.165, 1.54) is 12.1 Å². The average Bonchev–Trinajstić information content (AvgIpc) is 3.33. The molecule has 33 heavy (non-hydrogen) atoms. The summed E-state index contributed by atoms with van der Waals surface area (Å²) < 4.78 is 13.3. The van der Waals surface area contributed by atoms with Crippen molar-refractivity contribution in [2.24, 2.45) is 23.5 Å². The van der Waals surface area contributed by atoms with E-state index in [0.29, 0.717) is 12.5 Å². The highest BCUT2D eigenvalue weighted by Crippen LogP contribution is 2.40. The number of halogens is 1. The van der Waals surface area contributed by atoms with Crippen LogP contribution in [0.1, 0.15) is 56.4 Å². The average molecular weight is 453 g/mol. The molecule has 7 heteroatoms. The number of rotatable bonds is 7. The van der Waals surface area contributed by atoms with Gasteiger partial charge in [0.25, 0.3) is 0 Å². The fourth-order valence-corrected chi connectivity index (χ4v) is 5.39. The van der Waals surface area contributed by atoms with Gasteiger partial charge in [-0.15, -0.1) is 0 Å². The molecule has 176 valence electrons. The topological polar surface area (TPSA) is 97.1 Å². The molecule has 4 rings (SSSR count). The van der Waals surface area contributed by atoms with Crippen molar-refractivity contribution in [2.45, 2.75) is 56.9 Å². The van der Waals surface area contributed by atoms with Gasteiger partial charge in [-0.2, -0.15) is 0 Å². The lowest BCUT2D eigenvalue weighted by atomic mass is 9.78. The Balaban J connectivity index is 1.22. The molecule has 3 atom stereocenters. The van der Waals surface area contributed by atoms with Gasteiger partial charge in [-0.05, 0) is 80.2 Å². The Labute approximate surface area is 194 Å². The third-order valence-corrected chi connectivity index (χ3v) is 7.36. The summed E-state index contributed by atoms with van der Waals surface area (Å²) in [7, 11) is 0. The number of hydrogen-bond donors (Lipinski definition) is 3. The number of amides is 2. The smallest absolute Gasteiger partial charge is 0.227 e. The predicted molar refractivity (Wildman–Crippen MR) is 126 cm³/mol. The van der Waals surface area contributed by atoms with E-state index in [1.807, 2.05) is 0 Å². The largest absolute Gasteiger partial charge is 0.354 e. The molecule has 2 saturated carbocycles. The van der Waals surface area contributed by atoms with E-state index in [0.717, 1.165) is 56.2 Å². The minimum Gasteiger partial charge on any atom is -0.354 e. The van der Waals surface area contributed by atoms with Gasteiger partial charge in [-0.1, -0.05) is 18.6 Å². The monoisotopic (exact) mass is 452 g/mol. The maximum Gasteiger partial charge on any atom is 0.227 e. The quantitative estimate of drug-likeness (QED) is 0.592. The number of anilines is 1.